The minimum Gasteiger partial charge on any atom is -0.241 e. The van der Waals surface area contributed by atoms with Gasteiger partial charge < -0.3 is 0 Å². The van der Waals surface area contributed by atoms with Gasteiger partial charge in [-0.2, -0.15) is 18.3 Å². The van der Waals surface area contributed by atoms with Crippen LogP contribution in [-0.4, -0.2) is 9.78 Å². The fourth-order valence-electron chi connectivity index (χ4n) is 1.80. The third-order valence-electron chi connectivity index (χ3n) is 2.89. The average Bonchev–Trinajstić information content (AvgIpc) is 2.84. The van der Waals surface area contributed by atoms with Crippen molar-refractivity contribution in [3.05, 3.63) is 47.8 Å². The largest absolute Gasteiger partial charge is 0.416 e. The van der Waals surface area contributed by atoms with E-state index in [4.69, 9.17) is 0 Å². The lowest BCUT2D eigenvalue weighted by Gasteiger charge is -2.07. The highest BCUT2D eigenvalue weighted by atomic mass is 19.4. The van der Waals surface area contributed by atoms with E-state index in [1.54, 1.807) is 10.9 Å². The van der Waals surface area contributed by atoms with Crippen LogP contribution in [0.1, 0.15) is 31.0 Å². The quantitative estimate of drug-likeness (QED) is 0.811. The van der Waals surface area contributed by atoms with Crippen molar-refractivity contribution in [2.24, 2.45) is 0 Å². The molecule has 0 bridgehead atoms. The summed E-state index contributed by atoms with van der Waals surface area (Å²) in [5.41, 5.74) is 0.951. The molecule has 1 aromatic heterocycles. The molecule has 2 aromatic rings. The van der Waals surface area contributed by atoms with Gasteiger partial charge in [0.25, 0.3) is 0 Å². The maximum absolute atomic E-state index is 12.4. The van der Waals surface area contributed by atoms with Crippen LogP contribution in [0.5, 0.6) is 0 Å². The number of hydrogen-bond acceptors (Lipinski definition) is 1. The second-order valence-corrected chi connectivity index (χ2v) is 4.40. The van der Waals surface area contributed by atoms with Crippen LogP contribution >= 0.6 is 0 Å². The van der Waals surface area contributed by atoms with Crippen molar-refractivity contribution in [3.63, 3.8) is 0 Å². The van der Waals surface area contributed by atoms with Crippen molar-refractivity contribution >= 4 is 0 Å². The normalized spacial score (nSPS) is 11.8. The third-order valence-corrected chi connectivity index (χ3v) is 2.89. The van der Waals surface area contributed by atoms with Gasteiger partial charge in [-0.25, -0.2) is 4.68 Å². The van der Waals surface area contributed by atoms with E-state index in [0.29, 0.717) is 5.69 Å². The van der Waals surface area contributed by atoms with Crippen LogP contribution in [0.3, 0.4) is 0 Å². The lowest BCUT2D eigenvalue weighted by Crippen LogP contribution is -2.05. The van der Waals surface area contributed by atoms with E-state index in [1.807, 2.05) is 6.07 Å². The number of nitrogens with zero attached hydrogens (tertiary/aromatic N) is 2. The van der Waals surface area contributed by atoms with Crippen LogP contribution in [0.15, 0.2) is 36.5 Å². The van der Waals surface area contributed by atoms with Gasteiger partial charge in [-0.15, -0.1) is 0 Å². The van der Waals surface area contributed by atoms with E-state index >= 15 is 0 Å². The Labute approximate surface area is 109 Å². The molecule has 0 N–H and O–H groups in total. The highest BCUT2D eigenvalue weighted by Crippen LogP contribution is 2.29. The van der Waals surface area contributed by atoms with Crippen LogP contribution < -0.4 is 0 Å². The molecule has 19 heavy (non-hydrogen) atoms. The maximum Gasteiger partial charge on any atom is 0.416 e. The standard InChI is InChI=1S/C14H15F3N2/c1-2-3-4-12-9-10-19(18-12)13-7-5-11(6-8-13)14(15,16)17/h5-10H,2-4H2,1H3. The summed E-state index contributed by atoms with van der Waals surface area (Å²) in [6.07, 6.45) is 0.518. The Morgan fingerprint density at radius 1 is 1.11 bits per heavy atom. The highest BCUT2D eigenvalue weighted by Gasteiger charge is 2.29. The van der Waals surface area contributed by atoms with E-state index in [1.165, 1.54) is 12.1 Å². The van der Waals surface area contributed by atoms with Gasteiger partial charge in [0.05, 0.1) is 16.9 Å². The first-order chi connectivity index (χ1) is 9.00. The molecule has 2 nitrogen and oxygen atoms in total. The molecule has 0 atom stereocenters. The van der Waals surface area contributed by atoms with Crippen molar-refractivity contribution in [2.45, 2.75) is 32.4 Å². The Bertz CT molecular complexity index is 526. The zero-order valence-electron chi connectivity index (χ0n) is 10.6. The molecule has 0 unspecified atom stereocenters. The first-order valence-electron chi connectivity index (χ1n) is 6.23. The highest BCUT2D eigenvalue weighted by molar-refractivity contribution is 5.35. The van der Waals surface area contributed by atoms with Crippen molar-refractivity contribution in [2.75, 3.05) is 0 Å². The average molecular weight is 268 g/mol. The molecule has 0 radical (unpaired) electrons. The summed E-state index contributed by atoms with van der Waals surface area (Å²) in [5.74, 6) is 0. The van der Waals surface area contributed by atoms with E-state index in [9.17, 15) is 13.2 Å². The van der Waals surface area contributed by atoms with E-state index in [-0.39, 0.29) is 0 Å². The van der Waals surface area contributed by atoms with Gasteiger partial charge >= 0.3 is 6.18 Å². The Kier molecular flexibility index (Phi) is 3.93. The number of unbranched alkanes of at least 4 members (excludes halogenated alkanes) is 1. The molecule has 1 aromatic carbocycles. The molecule has 5 heteroatoms. The number of alkyl halides is 3. The number of halogens is 3. The lowest BCUT2D eigenvalue weighted by atomic mass is 10.2. The molecule has 0 spiro atoms. The second kappa shape index (κ2) is 5.47. The summed E-state index contributed by atoms with van der Waals surface area (Å²) < 4.78 is 38.9. The van der Waals surface area contributed by atoms with Gasteiger partial charge in [0.1, 0.15) is 0 Å². The van der Waals surface area contributed by atoms with Crippen molar-refractivity contribution in [1.29, 1.82) is 0 Å². The van der Waals surface area contributed by atoms with Gasteiger partial charge in [0.15, 0.2) is 0 Å². The molecular weight excluding hydrogens is 253 g/mol. The molecule has 0 saturated carbocycles. The fraction of sp³-hybridized carbons (Fsp3) is 0.357. The molecule has 0 aliphatic heterocycles. The lowest BCUT2D eigenvalue weighted by molar-refractivity contribution is -0.137. The second-order valence-electron chi connectivity index (χ2n) is 4.40. The first kappa shape index (κ1) is 13.6. The Balaban J connectivity index is 2.16. The van der Waals surface area contributed by atoms with Crippen LogP contribution in [0.25, 0.3) is 5.69 Å². The molecule has 102 valence electrons. The Hall–Kier alpha value is -1.78. The van der Waals surface area contributed by atoms with Crippen molar-refractivity contribution in [1.82, 2.24) is 9.78 Å². The summed E-state index contributed by atoms with van der Waals surface area (Å²) in [7, 11) is 0. The Morgan fingerprint density at radius 2 is 1.79 bits per heavy atom. The van der Waals surface area contributed by atoms with Gasteiger partial charge in [-0.05, 0) is 43.2 Å². The number of benzene rings is 1. The number of aromatic nitrogens is 2. The molecule has 0 fully saturated rings. The van der Waals surface area contributed by atoms with E-state index in [2.05, 4.69) is 12.0 Å². The van der Waals surface area contributed by atoms with Crippen molar-refractivity contribution in [3.8, 4) is 5.69 Å². The Morgan fingerprint density at radius 3 is 2.37 bits per heavy atom. The van der Waals surface area contributed by atoms with Crippen LogP contribution in [0.4, 0.5) is 13.2 Å². The van der Waals surface area contributed by atoms with Gasteiger partial charge in [0, 0.05) is 6.20 Å². The summed E-state index contributed by atoms with van der Waals surface area (Å²) >= 11 is 0. The number of hydrogen-bond donors (Lipinski definition) is 0. The summed E-state index contributed by atoms with van der Waals surface area (Å²) in [5, 5.41) is 4.35. The summed E-state index contributed by atoms with van der Waals surface area (Å²) in [6, 6.07) is 6.90. The fourth-order valence-corrected chi connectivity index (χ4v) is 1.80. The monoisotopic (exact) mass is 268 g/mol. The smallest absolute Gasteiger partial charge is 0.241 e. The topological polar surface area (TPSA) is 17.8 Å². The van der Waals surface area contributed by atoms with Gasteiger partial charge in [-0.3, -0.25) is 0 Å². The minimum absolute atomic E-state index is 0.635. The molecule has 0 aliphatic carbocycles. The maximum atomic E-state index is 12.4. The number of aryl methyl sites for hydroxylation is 1. The molecule has 0 amide bonds. The third kappa shape index (κ3) is 3.36. The molecular formula is C14H15F3N2. The molecule has 2 rings (SSSR count). The van der Waals surface area contributed by atoms with Crippen molar-refractivity contribution < 1.29 is 13.2 Å². The molecule has 0 saturated heterocycles. The first-order valence-corrected chi connectivity index (χ1v) is 6.23. The zero-order valence-corrected chi connectivity index (χ0v) is 10.6. The van der Waals surface area contributed by atoms with Crippen LogP contribution in [0, 0.1) is 0 Å². The summed E-state index contributed by atoms with van der Waals surface area (Å²) in [6.45, 7) is 2.10. The van der Waals surface area contributed by atoms with Gasteiger partial charge in [-0.1, -0.05) is 13.3 Å². The predicted octanol–water partition coefficient (Wildman–Crippen LogP) is 4.23. The number of rotatable bonds is 4. The molecule has 0 aliphatic rings. The zero-order chi connectivity index (χ0) is 13.9. The van der Waals surface area contributed by atoms with Crippen LogP contribution in [0.2, 0.25) is 0 Å². The SMILES string of the molecule is CCCCc1ccn(-c2ccc(C(F)(F)F)cc2)n1. The van der Waals surface area contributed by atoms with Gasteiger partial charge in [0.2, 0.25) is 0 Å². The van der Waals surface area contributed by atoms with Crippen LogP contribution in [-0.2, 0) is 12.6 Å². The summed E-state index contributed by atoms with van der Waals surface area (Å²) in [4.78, 5) is 0. The molecule has 1 heterocycles. The predicted molar refractivity (Wildman–Crippen MR) is 67.2 cm³/mol. The minimum atomic E-state index is -4.30. The van der Waals surface area contributed by atoms with E-state index in [0.717, 1.165) is 37.1 Å². The van der Waals surface area contributed by atoms with E-state index < -0.39 is 11.7 Å².